The number of likely N-dealkylation sites (tertiary alicyclic amines) is 1. The molecule has 1 aromatic heterocycles. The fraction of sp³-hybridized carbons (Fsp3) is 0.273. The Balaban J connectivity index is 1.63. The van der Waals surface area contributed by atoms with Crippen molar-refractivity contribution in [2.75, 3.05) is 18.8 Å². The Labute approximate surface area is 183 Å². The lowest BCUT2D eigenvalue weighted by atomic mass is 10.1. The average Bonchev–Trinajstić information content (AvgIpc) is 3.13. The van der Waals surface area contributed by atoms with Gasteiger partial charge in [-0.25, -0.2) is 13.5 Å². The van der Waals surface area contributed by atoms with Gasteiger partial charge in [0.1, 0.15) is 29.3 Å². The smallest absolute Gasteiger partial charge is 0.179 e. The molecule has 0 radical (unpaired) electrons. The van der Waals surface area contributed by atoms with E-state index >= 15 is 0 Å². The first-order chi connectivity index (χ1) is 15.4. The van der Waals surface area contributed by atoms with E-state index in [0.717, 1.165) is 25.0 Å². The van der Waals surface area contributed by atoms with E-state index in [-0.39, 0.29) is 23.2 Å². The maximum absolute atomic E-state index is 13.8. The number of nitrogens with zero attached hydrogens (tertiary/aromatic N) is 4. The lowest BCUT2D eigenvalue weighted by molar-refractivity contribution is 0.187. The molecule has 166 valence electrons. The van der Waals surface area contributed by atoms with E-state index in [9.17, 15) is 19.1 Å². The standard InChI is InChI=1S/C22H22F2N6O2/c23-14-5-8-18(17(24)10-14)32-16-6-3-13(4-7-16)20-19(22(27)31)21(26)30(28-20)15-2-1-9-29(11-15)12-25/h3-8,10,15,22,31H,1-2,9,11,26-27H2/t15-,22?/m0/s1. The minimum atomic E-state index is -1.35. The molecule has 2 aromatic carbocycles. The monoisotopic (exact) mass is 440 g/mol. The number of anilines is 1. The molecular formula is C22H22F2N6O2. The van der Waals surface area contributed by atoms with E-state index in [1.54, 1.807) is 33.8 Å². The van der Waals surface area contributed by atoms with Gasteiger partial charge in [0.2, 0.25) is 0 Å². The highest BCUT2D eigenvalue weighted by molar-refractivity contribution is 5.69. The second-order valence-electron chi connectivity index (χ2n) is 7.58. The van der Waals surface area contributed by atoms with Gasteiger partial charge in [-0.05, 0) is 49.2 Å². The fourth-order valence-corrected chi connectivity index (χ4v) is 3.85. The molecule has 1 aliphatic heterocycles. The van der Waals surface area contributed by atoms with E-state index in [1.807, 2.05) is 0 Å². The predicted octanol–water partition coefficient (Wildman–Crippen LogP) is 3.27. The third-order valence-corrected chi connectivity index (χ3v) is 5.41. The number of ether oxygens (including phenoxy) is 1. The molecular weight excluding hydrogens is 418 g/mol. The normalized spacial score (nSPS) is 17.1. The van der Waals surface area contributed by atoms with Gasteiger partial charge >= 0.3 is 0 Å². The van der Waals surface area contributed by atoms with Crippen LogP contribution in [0, 0.1) is 23.1 Å². The van der Waals surface area contributed by atoms with Crippen LogP contribution in [0.4, 0.5) is 14.6 Å². The zero-order valence-corrected chi connectivity index (χ0v) is 17.1. The van der Waals surface area contributed by atoms with Gasteiger partial charge in [-0.3, -0.25) is 0 Å². The van der Waals surface area contributed by atoms with Gasteiger partial charge in [-0.2, -0.15) is 10.4 Å². The number of nitrogens with two attached hydrogens (primary N) is 2. The minimum Gasteiger partial charge on any atom is -0.454 e. The van der Waals surface area contributed by atoms with Crippen molar-refractivity contribution in [1.82, 2.24) is 14.7 Å². The first-order valence-electron chi connectivity index (χ1n) is 10.1. The third-order valence-electron chi connectivity index (χ3n) is 5.41. The molecule has 2 atom stereocenters. The second kappa shape index (κ2) is 8.82. The molecule has 1 unspecified atom stereocenters. The molecule has 0 aliphatic carbocycles. The zero-order valence-electron chi connectivity index (χ0n) is 17.1. The molecule has 3 aromatic rings. The predicted molar refractivity (Wildman–Crippen MR) is 113 cm³/mol. The Bertz CT molecular complexity index is 1160. The number of halogens is 2. The van der Waals surface area contributed by atoms with Crippen LogP contribution in [-0.4, -0.2) is 32.9 Å². The summed E-state index contributed by atoms with van der Waals surface area (Å²) < 4.78 is 34.0. The van der Waals surface area contributed by atoms with Crippen LogP contribution in [0.25, 0.3) is 11.3 Å². The van der Waals surface area contributed by atoms with Crippen LogP contribution in [-0.2, 0) is 0 Å². The van der Waals surface area contributed by atoms with Crippen LogP contribution in [0.15, 0.2) is 42.5 Å². The Morgan fingerprint density at radius 1 is 1.22 bits per heavy atom. The number of hydrogen-bond acceptors (Lipinski definition) is 7. The summed E-state index contributed by atoms with van der Waals surface area (Å²) in [7, 11) is 0. The first-order valence-corrected chi connectivity index (χ1v) is 10.1. The van der Waals surface area contributed by atoms with Crippen LogP contribution < -0.4 is 16.2 Å². The third kappa shape index (κ3) is 4.21. The molecule has 1 aliphatic rings. The molecule has 32 heavy (non-hydrogen) atoms. The lowest BCUT2D eigenvalue weighted by Gasteiger charge is -2.29. The van der Waals surface area contributed by atoms with E-state index in [0.29, 0.717) is 30.1 Å². The molecule has 2 heterocycles. The summed E-state index contributed by atoms with van der Waals surface area (Å²) in [6.07, 6.45) is 2.41. The van der Waals surface area contributed by atoms with E-state index in [4.69, 9.17) is 16.2 Å². The average molecular weight is 440 g/mol. The summed E-state index contributed by atoms with van der Waals surface area (Å²) in [5, 5.41) is 24.0. The molecule has 1 fully saturated rings. The van der Waals surface area contributed by atoms with Gasteiger partial charge in [-0.15, -0.1) is 0 Å². The van der Waals surface area contributed by atoms with Gasteiger partial charge in [-0.1, -0.05) is 0 Å². The number of aromatic nitrogens is 2. The summed E-state index contributed by atoms with van der Waals surface area (Å²) in [4.78, 5) is 1.65. The lowest BCUT2D eigenvalue weighted by Crippen LogP contribution is -2.34. The molecule has 1 saturated heterocycles. The van der Waals surface area contributed by atoms with Gasteiger partial charge in [0.05, 0.1) is 18.2 Å². The number of hydrogen-bond donors (Lipinski definition) is 3. The van der Waals surface area contributed by atoms with Crippen LogP contribution in [0.3, 0.4) is 0 Å². The van der Waals surface area contributed by atoms with Crippen molar-refractivity contribution in [3.63, 3.8) is 0 Å². The summed E-state index contributed by atoms with van der Waals surface area (Å²) >= 11 is 0. The molecule has 0 bridgehead atoms. The number of piperidine rings is 1. The van der Waals surface area contributed by atoms with Crippen molar-refractivity contribution >= 4 is 5.82 Å². The van der Waals surface area contributed by atoms with Gasteiger partial charge in [0.25, 0.3) is 0 Å². The molecule has 0 spiro atoms. The Hall–Kier alpha value is -3.68. The molecule has 0 amide bonds. The van der Waals surface area contributed by atoms with Crippen molar-refractivity contribution in [2.24, 2.45) is 5.73 Å². The van der Waals surface area contributed by atoms with Gasteiger partial charge < -0.3 is 26.2 Å². The van der Waals surface area contributed by atoms with Crippen LogP contribution >= 0.6 is 0 Å². The van der Waals surface area contributed by atoms with Crippen molar-refractivity contribution in [3.8, 4) is 28.9 Å². The fourth-order valence-electron chi connectivity index (χ4n) is 3.85. The summed E-state index contributed by atoms with van der Waals surface area (Å²) in [6.45, 7) is 1.15. The number of aliphatic hydroxyl groups is 1. The number of rotatable bonds is 5. The van der Waals surface area contributed by atoms with Crippen molar-refractivity contribution < 1.29 is 18.6 Å². The van der Waals surface area contributed by atoms with Crippen LogP contribution in [0.5, 0.6) is 11.5 Å². The van der Waals surface area contributed by atoms with Crippen LogP contribution in [0.1, 0.15) is 30.7 Å². The summed E-state index contributed by atoms with van der Waals surface area (Å²) in [5.41, 5.74) is 13.4. The Morgan fingerprint density at radius 2 is 1.97 bits per heavy atom. The second-order valence-corrected chi connectivity index (χ2v) is 7.58. The topological polar surface area (TPSA) is 126 Å². The van der Waals surface area contributed by atoms with Gasteiger partial charge in [0, 0.05) is 18.2 Å². The molecule has 4 rings (SSSR count). The quantitative estimate of drug-likeness (QED) is 0.410. The number of aliphatic hydroxyl groups excluding tert-OH is 1. The number of nitrogen functional groups attached to an aromatic ring is 1. The Morgan fingerprint density at radius 3 is 2.62 bits per heavy atom. The molecule has 0 saturated carbocycles. The highest BCUT2D eigenvalue weighted by Gasteiger charge is 2.28. The minimum absolute atomic E-state index is 0.106. The van der Waals surface area contributed by atoms with Crippen LogP contribution in [0.2, 0.25) is 0 Å². The maximum atomic E-state index is 13.8. The van der Waals surface area contributed by atoms with E-state index in [1.165, 1.54) is 6.07 Å². The van der Waals surface area contributed by atoms with Gasteiger partial charge in [0.15, 0.2) is 17.8 Å². The largest absolute Gasteiger partial charge is 0.454 e. The number of nitriles is 1. The van der Waals surface area contributed by atoms with Crippen molar-refractivity contribution in [2.45, 2.75) is 25.1 Å². The highest BCUT2D eigenvalue weighted by atomic mass is 19.1. The zero-order chi connectivity index (χ0) is 22.8. The summed E-state index contributed by atoms with van der Waals surface area (Å²) in [5.74, 6) is -1.04. The SMILES string of the molecule is N#CN1CCC[C@H](n2nc(-c3ccc(Oc4ccc(F)cc4F)cc3)c(C(N)O)c2N)C1. The highest BCUT2D eigenvalue weighted by Crippen LogP contribution is 2.35. The summed E-state index contributed by atoms with van der Waals surface area (Å²) in [6, 6.07) is 9.48. The molecule has 8 nitrogen and oxygen atoms in total. The first kappa shape index (κ1) is 21.5. The number of benzene rings is 2. The maximum Gasteiger partial charge on any atom is 0.179 e. The molecule has 5 N–H and O–H groups in total. The van der Waals surface area contributed by atoms with Crippen molar-refractivity contribution in [1.29, 1.82) is 5.26 Å². The van der Waals surface area contributed by atoms with Crippen molar-refractivity contribution in [3.05, 3.63) is 59.7 Å². The molecule has 10 heteroatoms. The Kier molecular flexibility index (Phi) is 5.94. The van der Waals surface area contributed by atoms with E-state index < -0.39 is 17.9 Å². The van der Waals surface area contributed by atoms with E-state index in [2.05, 4.69) is 11.3 Å².